The number of nitrogens with one attached hydrogen (secondary N) is 1. The second-order valence-corrected chi connectivity index (χ2v) is 6.08. The molecule has 1 N–H and O–H groups in total. The number of anilines is 1. The molecule has 1 aliphatic rings. The summed E-state index contributed by atoms with van der Waals surface area (Å²) >= 11 is 3.64. The molecule has 0 unspecified atom stereocenters. The number of rotatable bonds is 3. The summed E-state index contributed by atoms with van der Waals surface area (Å²) < 4.78 is 1.23. The first kappa shape index (κ1) is 12.7. The zero-order chi connectivity index (χ0) is 13.2. The van der Waals surface area contributed by atoms with Gasteiger partial charge in [-0.25, -0.2) is 0 Å². The molecular formula is C16H17BrN2. The van der Waals surface area contributed by atoms with Crippen molar-refractivity contribution >= 4 is 21.6 Å². The van der Waals surface area contributed by atoms with Crippen LogP contribution >= 0.6 is 15.9 Å². The monoisotopic (exact) mass is 316 g/mol. The highest BCUT2D eigenvalue weighted by Gasteiger charge is 2.31. The third-order valence-electron chi connectivity index (χ3n) is 3.88. The van der Waals surface area contributed by atoms with E-state index in [4.69, 9.17) is 0 Å². The summed E-state index contributed by atoms with van der Waals surface area (Å²) in [4.78, 5) is 4.18. The first-order valence-corrected chi connectivity index (χ1v) is 7.45. The lowest BCUT2D eigenvalue weighted by Gasteiger charge is -2.37. The molecule has 0 radical (unpaired) electrons. The third kappa shape index (κ3) is 2.66. The van der Waals surface area contributed by atoms with E-state index in [1.165, 1.54) is 28.4 Å². The number of hydrogen-bond donors (Lipinski definition) is 1. The van der Waals surface area contributed by atoms with Gasteiger partial charge < -0.3 is 5.32 Å². The van der Waals surface area contributed by atoms with Gasteiger partial charge in [-0.05, 0) is 48.9 Å². The summed E-state index contributed by atoms with van der Waals surface area (Å²) in [7, 11) is 0. The quantitative estimate of drug-likeness (QED) is 0.901. The van der Waals surface area contributed by atoms with Gasteiger partial charge in [-0.15, -0.1) is 0 Å². The average molecular weight is 317 g/mol. The maximum absolute atomic E-state index is 4.18. The van der Waals surface area contributed by atoms with Crippen LogP contribution in [0.4, 0.5) is 5.69 Å². The van der Waals surface area contributed by atoms with Crippen molar-refractivity contribution in [3.05, 3.63) is 58.3 Å². The summed E-state index contributed by atoms with van der Waals surface area (Å²) in [6, 6.07) is 11.2. The van der Waals surface area contributed by atoms with Crippen LogP contribution in [0.3, 0.4) is 0 Å². The maximum Gasteiger partial charge on any atom is 0.0558 e. The molecule has 0 saturated heterocycles. The van der Waals surface area contributed by atoms with Gasteiger partial charge in [-0.1, -0.05) is 34.1 Å². The molecule has 0 bridgehead atoms. The van der Waals surface area contributed by atoms with Gasteiger partial charge >= 0.3 is 0 Å². The minimum atomic E-state index is 0.569. The van der Waals surface area contributed by atoms with E-state index in [0.717, 1.165) is 5.69 Å². The van der Waals surface area contributed by atoms with Gasteiger partial charge in [0.1, 0.15) is 0 Å². The second-order valence-electron chi connectivity index (χ2n) is 5.22. The highest BCUT2D eigenvalue weighted by atomic mass is 79.9. The number of halogens is 1. The summed E-state index contributed by atoms with van der Waals surface area (Å²) in [6.07, 6.45) is 6.14. The zero-order valence-corrected chi connectivity index (χ0v) is 12.5. The number of aryl methyl sites for hydroxylation is 1. The highest BCUT2D eigenvalue weighted by Crippen LogP contribution is 2.41. The fourth-order valence-corrected chi connectivity index (χ4v) is 3.24. The summed E-state index contributed by atoms with van der Waals surface area (Å²) in [5, 5.41) is 3.59. The van der Waals surface area contributed by atoms with Crippen molar-refractivity contribution in [3.63, 3.8) is 0 Å². The molecular weight excluding hydrogens is 300 g/mol. The lowest BCUT2D eigenvalue weighted by atomic mass is 9.76. The van der Waals surface area contributed by atoms with E-state index in [-0.39, 0.29) is 0 Å². The molecule has 2 aromatic rings. The molecule has 0 aliphatic heterocycles. The highest BCUT2D eigenvalue weighted by molar-refractivity contribution is 9.10. The molecule has 1 aliphatic carbocycles. The number of benzene rings is 1. The van der Waals surface area contributed by atoms with Gasteiger partial charge in [0.2, 0.25) is 0 Å². The molecule has 19 heavy (non-hydrogen) atoms. The van der Waals surface area contributed by atoms with Crippen LogP contribution in [-0.2, 0) is 0 Å². The van der Waals surface area contributed by atoms with E-state index >= 15 is 0 Å². The summed E-state index contributed by atoms with van der Waals surface area (Å²) in [6.45, 7) is 2.12. The fraction of sp³-hybridized carbons (Fsp3) is 0.312. The van der Waals surface area contributed by atoms with Crippen LogP contribution in [0.1, 0.15) is 29.9 Å². The number of aromatic nitrogens is 1. The Labute approximate surface area is 122 Å². The lowest BCUT2D eigenvalue weighted by molar-refractivity contribution is 0.373. The van der Waals surface area contributed by atoms with Crippen molar-refractivity contribution in [2.24, 2.45) is 0 Å². The van der Waals surface area contributed by atoms with Crippen molar-refractivity contribution in [2.75, 3.05) is 5.32 Å². The van der Waals surface area contributed by atoms with Crippen molar-refractivity contribution in [1.29, 1.82) is 0 Å². The SMILES string of the molecule is Cc1ccncc1NC1CC(c2ccccc2Br)C1. The molecule has 98 valence electrons. The Morgan fingerprint density at radius 3 is 2.74 bits per heavy atom. The first-order valence-electron chi connectivity index (χ1n) is 6.65. The van der Waals surface area contributed by atoms with Gasteiger partial charge in [0.05, 0.1) is 11.9 Å². The summed E-state index contributed by atoms with van der Waals surface area (Å²) in [5.41, 5.74) is 3.86. The Morgan fingerprint density at radius 2 is 2.00 bits per heavy atom. The molecule has 3 rings (SSSR count). The lowest BCUT2D eigenvalue weighted by Crippen LogP contribution is -2.34. The molecule has 3 heteroatoms. The zero-order valence-electron chi connectivity index (χ0n) is 10.9. The minimum Gasteiger partial charge on any atom is -0.381 e. The minimum absolute atomic E-state index is 0.569. The van der Waals surface area contributed by atoms with E-state index in [2.05, 4.69) is 57.4 Å². The Balaban J connectivity index is 1.62. The van der Waals surface area contributed by atoms with Crippen LogP contribution in [-0.4, -0.2) is 11.0 Å². The van der Waals surface area contributed by atoms with Gasteiger partial charge in [0.15, 0.2) is 0 Å². The largest absolute Gasteiger partial charge is 0.381 e. The van der Waals surface area contributed by atoms with Gasteiger partial charge in [-0.2, -0.15) is 0 Å². The fourth-order valence-electron chi connectivity index (χ4n) is 2.63. The van der Waals surface area contributed by atoms with Crippen LogP contribution in [0.2, 0.25) is 0 Å². The molecule has 2 nitrogen and oxygen atoms in total. The molecule has 0 atom stereocenters. The smallest absolute Gasteiger partial charge is 0.0558 e. The van der Waals surface area contributed by atoms with Crippen molar-refractivity contribution in [3.8, 4) is 0 Å². The molecule has 1 heterocycles. The Hall–Kier alpha value is -1.35. The molecule has 0 spiro atoms. The van der Waals surface area contributed by atoms with Crippen molar-refractivity contribution in [1.82, 2.24) is 4.98 Å². The number of nitrogens with zero attached hydrogens (tertiary/aromatic N) is 1. The van der Waals surface area contributed by atoms with Crippen molar-refractivity contribution < 1.29 is 0 Å². The van der Waals surface area contributed by atoms with Gasteiger partial charge in [0, 0.05) is 16.7 Å². The van der Waals surface area contributed by atoms with E-state index < -0.39 is 0 Å². The topological polar surface area (TPSA) is 24.9 Å². The predicted octanol–water partition coefficient (Wildman–Crippen LogP) is 4.51. The van der Waals surface area contributed by atoms with Crippen LogP contribution < -0.4 is 5.32 Å². The second kappa shape index (κ2) is 5.33. The van der Waals surface area contributed by atoms with Crippen LogP contribution in [0, 0.1) is 6.92 Å². The molecule has 0 amide bonds. The number of pyridine rings is 1. The first-order chi connectivity index (χ1) is 9.24. The normalized spacial score (nSPS) is 21.8. The van der Waals surface area contributed by atoms with E-state index in [0.29, 0.717) is 12.0 Å². The number of hydrogen-bond acceptors (Lipinski definition) is 2. The Bertz CT molecular complexity index is 576. The van der Waals surface area contributed by atoms with Gasteiger partial charge in [0.25, 0.3) is 0 Å². The summed E-state index contributed by atoms with van der Waals surface area (Å²) in [5.74, 6) is 0.671. The van der Waals surface area contributed by atoms with Crippen LogP contribution in [0.15, 0.2) is 47.2 Å². The predicted molar refractivity (Wildman–Crippen MR) is 82.5 cm³/mol. The van der Waals surface area contributed by atoms with Crippen LogP contribution in [0.5, 0.6) is 0 Å². The third-order valence-corrected chi connectivity index (χ3v) is 4.60. The Kier molecular flexibility index (Phi) is 3.56. The van der Waals surface area contributed by atoms with E-state index in [1.807, 2.05) is 18.5 Å². The average Bonchev–Trinajstić information content (AvgIpc) is 2.37. The molecule has 1 aromatic heterocycles. The molecule has 1 saturated carbocycles. The standard InChI is InChI=1S/C16H17BrN2/c1-11-6-7-18-10-16(11)19-13-8-12(9-13)14-4-2-3-5-15(14)17/h2-7,10,12-13,19H,8-9H2,1H3. The van der Waals surface area contributed by atoms with Crippen LogP contribution in [0.25, 0.3) is 0 Å². The van der Waals surface area contributed by atoms with Crippen molar-refractivity contribution in [2.45, 2.75) is 31.7 Å². The molecule has 1 aromatic carbocycles. The maximum atomic E-state index is 4.18. The Morgan fingerprint density at radius 1 is 1.21 bits per heavy atom. The van der Waals surface area contributed by atoms with E-state index in [1.54, 1.807) is 0 Å². The molecule has 1 fully saturated rings. The van der Waals surface area contributed by atoms with Gasteiger partial charge in [-0.3, -0.25) is 4.98 Å². The van der Waals surface area contributed by atoms with E-state index in [9.17, 15) is 0 Å².